The monoisotopic (exact) mass is 340 g/mol. The molecule has 1 N–H and O–H groups in total. The van der Waals surface area contributed by atoms with Crippen LogP contribution in [-0.2, 0) is 0 Å². The summed E-state index contributed by atoms with van der Waals surface area (Å²) in [5, 5.41) is 4.97. The molecule has 1 aromatic rings. The third-order valence-electron chi connectivity index (χ3n) is 3.86. The molecule has 0 radical (unpaired) electrons. The summed E-state index contributed by atoms with van der Waals surface area (Å²) >= 11 is 11.8. The minimum absolute atomic E-state index is 0.774. The first kappa shape index (κ1) is 19.2. The van der Waals surface area contributed by atoms with Crippen molar-refractivity contribution in [2.45, 2.75) is 59.3 Å². The predicted molar refractivity (Wildman–Crippen MR) is 103 cm³/mol. The molecule has 0 amide bonds. The van der Waals surface area contributed by atoms with Crippen LogP contribution < -0.4 is 5.32 Å². The van der Waals surface area contributed by atoms with Gasteiger partial charge in [-0.1, -0.05) is 57.2 Å². The number of nitrogens with one attached hydrogen (secondary N) is 1. The SMILES string of the molecule is CCCCCN(CCCCC)C(=S)Nc1cccc(Cl)c1C. The van der Waals surface area contributed by atoms with E-state index in [1.54, 1.807) is 0 Å². The molecule has 2 nitrogen and oxygen atoms in total. The lowest BCUT2D eigenvalue weighted by Crippen LogP contribution is -2.36. The minimum atomic E-state index is 0.774. The summed E-state index contributed by atoms with van der Waals surface area (Å²) in [5.41, 5.74) is 2.06. The molecular weight excluding hydrogens is 312 g/mol. The van der Waals surface area contributed by atoms with Crippen LogP contribution in [0.3, 0.4) is 0 Å². The van der Waals surface area contributed by atoms with E-state index < -0.39 is 0 Å². The van der Waals surface area contributed by atoms with Crippen molar-refractivity contribution in [3.8, 4) is 0 Å². The highest BCUT2D eigenvalue weighted by Gasteiger charge is 2.11. The molecule has 124 valence electrons. The van der Waals surface area contributed by atoms with Crippen molar-refractivity contribution in [3.63, 3.8) is 0 Å². The van der Waals surface area contributed by atoms with Gasteiger partial charge in [-0.2, -0.15) is 0 Å². The van der Waals surface area contributed by atoms with E-state index in [1.165, 1.54) is 38.5 Å². The Kier molecular flexibility index (Phi) is 9.49. The number of nitrogens with zero attached hydrogens (tertiary/aromatic N) is 1. The third-order valence-corrected chi connectivity index (χ3v) is 4.63. The fourth-order valence-electron chi connectivity index (χ4n) is 2.36. The highest BCUT2D eigenvalue weighted by Crippen LogP contribution is 2.23. The third kappa shape index (κ3) is 6.53. The van der Waals surface area contributed by atoms with Crippen molar-refractivity contribution >= 4 is 34.6 Å². The van der Waals surface area contributed by atoms with Gasteiger partial charge in [-0.15, -0.1) is 0 Å². The summed E-state index contributed by atoms with van der Waals surface area (Å²) in [4.78, 5) is 2.31. The maximum absolute atomic E-state index is 6.18. The molecule has 4 heteroatoms. The largest absolute Gasteiger partial charge is 0.349 e. The summed E-state index contributed by atoms with van der Waals surface area (Å²) in [5.74, 6) is 0. The van der Waals surface area contributed by atoms with Gasteiger partial charge in [0.05, 0.1) is 0 Å². The maximum atomic E-state index is 6.18. The molecule has 0 aliphatic carbocycles. The van der Waals surface area contributed by atoms with E-state index in [1.807, 2.05) is 25.1 Å². The van der Waals surface area contributed by atoms with Crippen molar-refractivity contribution in [2.24, 2.45) is 0 Å². The van der Waals surface area contributed by atoms with Crippen LogP contribution in [0.15, 0.2) is 18.2 Å². The van der Waals surface area contributed by atoms with Gasteiger partial charge in [-0.05, 0) is 49.7 Å². The quantitative estimate of drug-likeness (QED) is 0.436. The van der Waals surface area contributed by atoms with E-state index in [2.05, 4.69) is 24.1 Å². The molecule has 0 bridgehead atoms. The summed E-state index contributed by atoms with van der Waals surface area (Å²) in [6.07, 6.45) is 7.36. The number of hydrogen-bond acceptors (Lipinski definition) is 1. The van der Waals surface area contributed by atoms with E-state index >= 15 is 0 Å². The number of thiocarbonyl (C=S) groups is 1. The van der Waals surface area contributed by atoms with Crippen molar-refractivity contribution in [1.82, 2.24) is 4.90 Å². The van der Waals surface area contributed by atoms with Crippen LogP contribution in [0.1, 0.15) is 57.9 Å². The maximum Gasteiger partial charge on any atom is 0.173 e. The van der Waals surface area contributed by atoms with Crippen molar-refractivity contribution < 1.29 is 0 Å². The molecule has 0 atom stereocenters. The van der Waals surface area contributed by atoms with Gasteiger partial charge in [0.2, 0.25) is 0 Å². The Morgan fingerprint density at radius 3 is 2.23 bits per heavy atom. The zero-order valence-electron chi connectivity index (χ0n) is 14.1. The van der Waals surface area contributed by atoms with Crippen LogP contribution in [0.5, 0.6) is 0 Å². The average molecular weight is 341 g/mol. The molecule has 1 aromatic carbocycles. The Morgan fingerprint density at radius 1 is 1.09 bits per heavy atom. The van der Waals surface area contributed by atoms with Gasteiger partial charge in [0.25, 0.3) is 0 Å². The van der Waals surface area contributed by atoms with Crippen LogP contribution in [-0.4, -0.2) is 23.1 Å². The number of hydrogen-bond donors (Lipinski definition) is 1. The lowest BCUT2D eigenvalue weighted by atomic mass is 10.2. The first-order chi connectivity index (χ1) is 10.6. The minimum Gasteiger partial charge on any atom is -0.349 e. The number of halogens is 1. The molecule has 0 aromatic heterocycles. The Morgan fingerprint density at radius 2 is 1.68 bits per heavy atom. The molecule has 0 saturated carbocycles. The summed E-state index contributed by atoms with van der Waals surface area (Å²) in [6, 6.07) is 5.90. The summed E-state index contributed by atoms with van der Waals surface area (Å²) in [6.45, 7) is 8.54. The summed E-state index contributed by atoms with van der Waals surface area (Å²) < 4.78 is 0. The fraction of sp³-hybridized carbons (Fsp3) is 0.611. The molecule has 0 fully saturated rings. The molecule has 22 heavy (non-hydrogen) atoms. The normalized spacial score (nSPS) is 10.5. The standard InChI is InChI=1S/C18H29ClN2S/c1-4-6-8-13-21(14-9-7-5-2)18(22)20-17-12-10-11-16(19)15(17)3/h10-12H,4-9,13-14H2,1-3H3,(H,20,22). The van der Waals surface area contributed by atoms with Gasteiger partial charge in [0, 0.05) is 23.8 Å². The van der Waals surface area contributed by atoms with Gasteiger partial charge in [-0.3, -0.25) is 0 Å². The molecular formula is C18H29ClN2S. The lowest BCUT2D eigenvalue weighted by Gasteiger charge is -2.26. The number of rotatable bonds is 9. The van der Waals surface area contributed by atoms with Crippen LogP contribution in [0.2, 0.25) is 5.02 Å². The summed E-state index contributed by atoms with van der Waals surface area (Å²) in [7, 11) is 0. The molecule has 0 heterocycles. The van der Waals surface area contributed by atoms with E-state index in [0.717, 1.165) is 34.5 Å². The molecule has 1 rings (SSSR count). The van der Waals surface area contributed by atoms with Gasteiger partial charge in [0.1, 0.15) is 0 Å². The van der Waals surface area contributed by atoms with Crippen LogP contribution in [0.25, 0.3) is 0 Å². The Bertz CT molecular complexity index is 452. The number of unbranched alkanes of at least 4 members (excludes halogenated alkanes) is 4. The second-order valence-corrected chi connectivity index (χ2v) is 6.54. The van der Waals surface area contributed by atoms with Crippen LogP contribution in [0.4, 0.5) is 5.69 Å². The first-order valence-electron chi connectivity index (χ1n) is 8.41. The Hall–Kier alpha value is -0.800. The molecule has 0 unspecified atom stereocenters. The average Bonchev–Trinajstić information content (AvgIpc) is 2.50. The van der Waals surface area contributed by atoms with Crippen LogP contribution in [0, 0.1) is 6.92 Å². The highest BCUT2D eigenvalue weighted by atomic mass is 35.5. The van der Waals surface area contributed by atoms with Crippen molar-refractivity contribution in [3.05, 3.63) is 28.8 Å². The first-order valence-corrected chi connectivity index (χ1v) is 9.19. The van der Waals surface area contributed by atoms with E-state index in [-0.39, 0.29) is 0 Å². The smallest absolute Gasteiger partial charge is 0.173 e. The number of benzene rings is 1. The highest BCUT2D eigenvalue weighted by molar-refractivity contribution is 7.80. The molecule has 0 saturated heterocycles. The van der Waals surface area contributed by atoms with Gasteiger partial charge < -0.3 is 10.2 Å². The van der Waals surface area contributed by atoms with Crippen molar-refractivity contribution in [1.29, 1.82) is 0 Å². The zero-order valence-corrected chi connectivity index (χ0v) is 15.7. The predicted octanol–water partition coefficient (Wildman–Crippen LogP) is 6.03. The lowest BCUT2D eigenvalue weighted by molar-refractivity contribution is 0.395. The van der Waals surface area contributed by atoms with Gasteiger partial charge >= 0.3 is 0 Å². The zero-order chi connectivity index (χ0) is 16.4. The second kappa shape index (κ2) is 10.8. The Balaban J connectivity index is 2.66. The topological polar surface area (TPSA) is 15.3 Å². The second-order valence-electron chi connectivity index (χ2n) is 5.74. The molecule has 0 aliphatic heterocycles. The van der Waals surface area contributed by atoms with E-state index in [9.17, 15) is 0 Å². The van der Waals surface area contributed by atoms with Crippen LogP contribution >= 0.6 is 23.8 Å². The molecule has 0 spiro atoms. The van der Waals surface area contributed by atoms with E-state index in [4.69, 9.17) is 23.8 Å². The fourth-order valence-corrected chi connectivity index (χ4v) is 2.82. The van der Waals surface area contributed by atoms with Gasteiger partial charge in [0.15, 0.2) is 5.11 Å². The molecule has 0 aliphatic rings. The van der Waals surface area contributed by atoms with Crippen molar-refractivity contribution in [2.75, 3.05) is 18.4 Å². The Labute approximate surface area is 146 Å². The van der Waals surface area contributed by atoms with E-state index in [0.29, 0.717) is 0 Å². The number of anilines is 1. The van der Waals surface area contributed by atoms with Gasteiger partial charge in [-0.25, -0.2) is 0 Å².